The van der Waals surface area contributed by atoms with Crippen LogP contribution in [0.25, 0.3) is 0 Å². The largest absolute Gasteiger partial charge is 0.490 e. The second-order valence-electron chi connectivity index (χ2n) is 11.4. The molecule has 0 N–H and O–H groups in total. The average Bonchev–Trinajstić information content (AvgIpc) is 2.79. The molecular formula is C22H40B2O4. The fourth-order valence-corrected chi connectivity index (χ4v) is 4.68. The van der Waals surface area contributed by atoms with Crippen molar-refractivity contribution in [2.75, 3.05) is 0 Å². The van der Waals surface area contributed by atoms with Crippen LogP contribution in [0.15, 0.2) is 12.1 Å². The van der Waals surface area contributed by atoms with Gasteiger partial charge in [-0.1, -0.05) is 32.6 Å². The Kier molecular flexibility index (Phi) is 5.49. The summed E-state index contributed by atoms with van der Waals surface area (Å²) in [5.41, 5.74) is -0.484. The fourth-order valence-electron chi connectivity index (χ4n) is 4.68. The molecule has 0 aromatic rings. The van der Waals surface area contributed by atoms with Crippen molar-refractivity contribution in [2.45, 2.75) is 123 Å². The van der Waals surface area contributed by atoms with Gasteiger partial charge < -0.3 is 18.6 Å². The second-order valence-corrected chi connectivity index (χ2v) is 11.4. The van der Waals surface area contributed by atoms with Gasteiger partial charge in [0.2, 0.25) is 0 Å². The third-order valence-corrected chi connectivity index (χ3v) is 8.40. The van der Waals surface area contributed by atoms with E-state index in [1.807, 2.05) is 0 Å². The van der Waals surface area contributed by atoms with E-state index in [9.17, 15) is 0 Å². The molecule has 0 amide bonds. The summed E-state index contributed by atoms with van der Waals surface area (Å²) < 4.78 is 25.8. The Morgan fingerprint density at radius 2 is 1.18 bits per heavy atom. The molecule has 2 aliphatic heterocycles. The molecule has 2 heterocycles. The summed E-state index contributed by atoms with van der Waals surface area (Å²) in [7, 11) is -0.620. The third kappa shape index (κ3) is 3.53. The second kappa shape index (κ2) is 6.87. The Morgan fingerprint density at radius 1 is 0.714 bits per heavy atom. The van der Waals surface area contributed by atoms with E-state index in [2.05, 4.69) is 68.9 Å². The molecule has 0 spiro atoms. The smallest absolute Gasteiger partial charge is 0.403 e. The minimum absolute atomic E-state index is 0.154. The summed E-state index contributed by atoms with van der Waals surface area (Å²) in [5, 5.41) is 0. The minimum atomic E-state index is -0.391. The van der Waals surface area contributed by atoms with Gasteiger partial charge >= 0.3 is 14.2 Å². The fraction of sp³-hybridized carbons (Fsp3) is 0.909. The van der Waals surface area contributed by atoms with Crippen LogP contribution >= 0.6 is 0 Å². The Hall–Kier alpha value is -0.290. The lowest BCUT2D eigenvalue weighted by Crippen LogP contribution is -2.42. The van der Waals surface area contributed by atoms with E-state index in [4.69, 9.17) is 18.6 Å². The summed E-state index contributed by atoms with van der Waals surface area (Å²) in [6, 6.07) is 0. The van der Waals surface area contributed by atoms with Crippen molar-refractivity contribution >= 4 is 14.2 Å². The van der Waals surface area contributed by atoms with E-state index in [0.717, 1.165) is 18.3 Å². The Bertz CT molecular complexity index is 596. The Morgan fingerprint density at radius 3 is 1.68 bits per heavy atom. The number of rotatable bonds is 3. The van der Waals surface area contributed by atoms with Crippen LogP contribution in [0.3, 0.4) is 0 Å². The SMILES string of the molecule is C=C(B1OC(C)(C)C(C)(C)O1)C1(C)CCCCCC1B1OC(C)(C)C(C)(C)O1. The van der Waals surface area contributed by atoms with Crippen molar-refractivity contribution in [1.82, 2.24) is 0 Å². The lowest BCUT2D eigenvalue weighted by Gasteiger charge is -2.40. The van der Waals surface area contributed by atoms with Gasteiger partial charge in [0.1, 0.15) is 0 Å². The number of allylic oxidation sites excluding steroid dienone is 1. The van der Waals surface area contributed by atoms with Gasteiger partial charge in [-0.25, -0.2) is 0 Å². The van der Waals surface area contributed by atoms with E-state index in [1.165, 1.54) is 19.3 Å². The van der Waals surface area contributed by atoms with Gasteiger partial charge in [-0.05, 0) is 72.7 Å². The molecule has 2 atom stereocenters. The molecule has 0 bridgehead atoms. The topological polar surface area (TPSA) is 36.9 Å². The first-order chi connectivity index (χ1) is 12.6. The number of hydrogen-bond acceptors (Lipinski definition) is 4. The highest BCUT2D eigenvalue weighted by molar-refractivity contribution is 6.56. The van der Waals surface area contributed by atoms with Crippen LogP contribution in [0, 0.1) is 5.41 Å². The molecule has 28 heavy (non-hydrogen) atoms. The maximum absolute atomic E-state index is 6.50. The van der Waals surface area contributed by atoms with Crippen LogP contribution < -0.4 is 0 Å². The van der Waals surface area contributed by atoms with E-state index in [0.29, 0.717) is 0 Å². The van der Waals surface area contributed by atoms with Crippen LogP contribution in [-0.2, 0) is 18.6 Å². The average molecular weight is 390 g/mol. The molecule has 6 heteroatoms. The Labute approximate surface area is 173 Å². The van der Waals surface area contributed by atoms with Gasteiger partial charge in [0, 0.05) is 5.82 Å². The molecular weight excluding hydrogens is 350 g/mol. The van der Waals surface area contributed by atoms with E-state index in [-0.39, 0.29) is 40.8 Å². The zero-order valence-electron chi connectivity index (χ0n) is 19.6. The quantitative estimate of drug-likeness (QED) is 0.464. The molecule has 4 nitrogen and oxygen atoms in total. The molecule has 158 valence electrons. The van der Waals surface area contributed by atoms with Crippen LogP contribution in [0.1, 0.15) is 94.4 Å². The molecule has 2 unspecified atom stereocenters. The standard InChI is InChI=1S/C22H40B2O4/c1-16(23-25-18(2,3)19(4,5)26-23)22(10)15-13-11-12-14-17(22)24-27-20(6,7)21(8,9)28-24/h17H,1,11-15H2,2-10H3. The molecule has 1 saturated carbocycles. The minimum Gasteiger partial charge on any atom is -0.403 e. The lowest BCUT2D eigenvalue weighted by molar-refractivity contribution is 0.00578. The maximum atomic E-state index is 6.50. The van der Waals surface area contributed by atoms with Crippen molar-refractivity contribution in [3.05, 3.63) is 12.1 Å². The summed E-state index contributed by atoms with van der Waals surface area (Å²) in [6.45, 7) is 23.8. The molecule has 0 radical (unpaired) electrons. The van der Waals surface area contributed by atoms with Crippen LogP contribution in [-0.4, -0.2) is 36.6 Å². The molecule has 3 fully saturated rings. The summed E-state index contributed by atoms with van der Waals surface area (Å²) in [6.07, 6.45) is 5.75. The molecule has 2 saturated heterocycles. The molecule has 0 aromatic heterocycles. The predicted molar refractivity (Wildman–Crippen MR) is 116 cm³/mol. The molecule has 3 aliphatic rings. The van der Waals surface area contributed by atoms with Crippen molar-refractivity contribution < 1.29 is 18.6 Å². The number of hydrogen-bond donors (Lipinski definition) is 0. The third-order valence-electron chi connectivity index (χ3n) is 8.40. The van der Waals surface area contributed by atoms with Crippen LogP contribution in [0.2, 0.25) is 5.82 Å². The first kappa shape index (κ1) is 22.4. The van der Waals surface area contributed by atoms with Gasteiger partial charge in [0.15, 0.2) is 0 Å². The van der Waals surface area contributed by atoms with Crippen molar-refractivity contribution in [3.63, 3.8) is 0 Å². The normalized spacial score (nSPS) is 36.4. The molecule has 1 aliphatic carbocycles. The molecule has 3 rings (SSSR count). The van der Waals surface area contributed by atoms with E-state index in [1.54, 1.807) is 0 Å². The molecule has 0 aromatic carbocycles. The van der Waals surface area contributed by atoms with Crippen LogP contribution in [0.5, 0.6) is 0 Å². The van der Waals surface area contributed by atoms with E-state index >= 15 is 0 Å². The van der Waals surface area contributed by atoms with Crippen molar-refractivity contribution in [1.29, 1.82) is 0 Å². The summed E-state index contributed by atoms with van der Waals surface area (Å²) >= 11 is 0. The van der Waals surface area contributed by atoms with Gasteiger partial charge in [0.25, 0.3) is 0 Å². The van der Waals surface area contributed by atoms with Crippen molar-refractivity contribution in [3.8, 4) is 0 Å². The lowest BCUT2D eigenvalue weighted by atomic mass is 9.48. The van der Waals surface area contributed by atoms with Crippen molar-refractivity contribution in [2.24, 2.45) is 5.41 Å². The highest BCUT2D eigenvalue weighted by atomic mass is 16.7. The van der Waals surface area contributed by atoms with Gasteiger partial charge in [0.05, 0.1) is 22.4 Å². The van der Waals surface area contributed by atoms with Gasteiger partial charge in [-0.3, -0.25) is 0 Å². The summed E-state index contributed by atoms with van der Waals surface area (Å²) in [4.78, 5) is 0. The summed E-state index contributed by atoms with van der Waals surface area (Å²) in [5.74, 6) is 0.238. The Balaban J connectivity index is 1.89. The first-order valence-corrected chi connectivity index (χ1v) is 11.0. The van der Waals surface area contributed by atoms with Gasteiger partial charge in [-0.2, -0.15) is 0 Å². The zero-order valence-corrected chi connectivity index (χ0v) is 19.6. The maximum Gasteiger partial charge on any atom is 0.490 e. The van der Waals surface area contributed by atoms with Gasteiger partial charge in [-0.15, -0.1) is 6.58 Å². The van der Waals surface area contributed by atoms with E-state index < -0.39 is 7.12 Å². The monoisotopic (exact) mass is 390 g/mol. The first-order valence-electron chi connectivity index (χ1n) is 11.0. The highest BCUT2D eigenvalue weighted by Gasteiger charge is 2.61. The highest BCUT2D eigenvalue weighted by Crippen LogP contribution is 2.55. The van der Waals surface area contributed by atoms with Crippen LogP contribution in [0.4, 0.5) is 0 Å². The predicted octanol–water partition coefficient (Wildman–Crippen LogP) is 5.61. The zero-order chi connectivity index (χ0) is 21.2.